The van der Waals surface area contributed by atoms with Gasteiger partial charge in [-0.1, -0.05) is 42.5 Å². The summed E-state index contributed by atoms with van der Waals surface area (Å²) < 4.78 is 38.2. The van der Waals surface area contributed by atoms with Gasteiger partial charge in [-0.3, -0.25) is 9.10 Å². The van der Waals surface area contributed by atoms with Gasteiger partial charge < -0.3 is 14.8 Å². The van der Waals surface area contributed by atoms with Crippen molar-refractivity contribution in [2.24, 2.45) is 0 Å². The number of sulfonamides is 1. The Bertz CT molecular complexity index is 1260. The van der Waals surface area contributed by atoms with E-state index in [2.05, 4.69) is 5.32 Å². The van der Waals surface area contributed by atoms with Gasteiger partial charge in [0, 0.05) is 17.7 Å². The minimum absolute atomic E-state index is 0.205. The average Bonchev–Trinajstić information content (AvgIpc) is 2.81. The summed E-state index contributed by atoms with van der Waals surface area (Å²) in [6.07, 6.45) is 0.568. The Balaban J connectivity index is 1.48. The van der Waals surface area contributed by atoms with Gasteiger partial charge in [0.05, 0.1) is 24.8 Å². The van der Waals surface area contributed by atoms with Crippen molar-refractivity contribution in [2.75, 3.05) is 31.6 Å². The first-order chi connectivity index (χ1) is 15.5. The molecule has 4 rings (SSSR count). The zero-order valence-electron chi connectivity index (χ0n) is 17.9. The van der Waals surface area contributed by atoms with E-state index in [0.29, 0.717) is 35.7 Å². The Morgan fingerprint density at radius 3 is 2.34 bits per heavy atom. The number of fused-ring (bicyclic) bond motifs is 3. The third-order valence-electron chi connectivity index (χ3n) is 5.39. The first-order valence-electron chi connectivity index (χ1n) is 10.1. The number of hydrogen-bond donors (Lipinski definition) is 1. The highest BCUT2D eigenvalue weighted by atomic mass is 32.2. The Morgan fingerprint density at radius 2 is 1.59 bits per heavy atom. The van der Waals surface area contributed by atoms with Crippen LogP contribution >= 0.6 is 0 Å². The van der Waals surface area contributed by atoms with Crippen molar-refractivity contribution < 1.29 is 22.7 Å². The summed E-state index contributed by atoms with van der Waals surface area (Å²) in [4.78, 5) is 12.9. The molecule has 0 aromatic heterocycles. The predicted octanol–water partition coefficient (Wildman–Crippen LogP) is 3.24. The lowest BCUT2D eigenvalue weighted by Gasteiger charge is -2.31. The van der Waals surface area contributed by atoms with Crippen LogP contribution in [-0.2, 0) is 21.2 Å². The number of carbonyl (C=O) groups excluding carboxylic acids is 1. The summed E-state index contributed by atoms with van der Waals surface area (Å²) in [5.74, 6) is 0.879. The van der Waals surface area contributed by atoms with Crippen molar-refractivity contribution in [1.82, 2.24) is 5.32 Å². The molecular formula is C24H24N2O5S. The zero-order chi connectivity index (χ0) is 22.7. The SMILES string of the molecule is COc1ccc(CCNC(=O)CN2c3ccccc3-c3ccccc3S2(=O)=O)cc1OC. The van der Waals surface area contributed by atoms with Crippen LogP contribution in [0.3, 0.4) is 0 Å². The van der Waals surface area contributed by atoms with Gasteiger partial charge in [0.1, 0.15) is 6.54 Å². The second kappa shape index (κ2) is 8.92. The third kappa shape index (κ3) is 4.01. The van der Waals surface area contributed by atoms with Gasteiger partial charge in [-0.25, -0.2) is 8.42 Å². The van der Waals surface area contributed by atoms with E-state index >= 15 is 0 Å². The number of anilines is 1. The molecule has 0 unspecified atom stereocenters. The molecule has 3 aromatic carbocycles. The number of methoxy groups -OCH3 is 2. The van der Waals surface area contributed by atoms with Crippen LogP contribution in [0.5, 0.6) is 11.5 Å². The number of benzene rings is 3. The minimum Gasteiger partial charge on any atom is -0.493 e. The van der Waals surface area contributed by atoms with Gasteiger partial charge in [0.2, 0.25) is 5.91 Å². The average molecular weight is 453 g/mol. The summed E-state index contributed by atoms with van der Waals surface area (Å²) in [5.41, 5.74) is 2.90. The monoisotopic (exact) mass is 452 g/mol. The summed E-state index contributed by atoms with van der Waals surface area (Å²) in [7, 11) is -0.703. The molecule has 32 heavy (non-hydrogen) atoms. The van der Waals surface area contributed by atoms with Crippen molar-refractivity contribution in [3.05, 3.63) is 72.3 Å². The first-order valence-corrected chi connectivity index (χ1v) is 11.6. The second-order valence-electron chi connectivity index (χ2n) is 7.31. The van der Waals surface area contributed by atoms with E-state index in [4.69, 9.17) is 9.47 Å². The topological polar surface area (TPSA) is 84.9 Å². The molecule has 0 saturated carbocycles. The summed E-state index contributed by atoms with van der Waals surface area (Å²) in [5, 5.41) is 2.82. The summed E-state index contributed by atoms with van der Waals surface area (Å²) >= 11 is 0. The molecular weight excluding hydrogens is 428 g/mol. The second-order valence-corrected chi connectivity index (χ2v) is 9.15. The van der Waals surface area contributed by atoms with Crippen molar-refractivity contribution in [1.29, 1.82) is 0 Å². The van der Waals surface area contributed by atoms with E-state index in [1.807, 2.05) is 36.4 Å². The van der Waals surface area contributed by atoms with E-state index < -0.39 is 10.0 Å². The molecule has 0 aliphatic carbocycles. The lowest BCUT2D eigenvalue weighted by atomic mass is 10.0. The maximum absolute atomic E-state index is 13.2. The largest absolute Gasteiger partial charge is 0.493 e. The van der Waals surface area contributed by atoms with E-state index in [1.54, 1.807) is 44.6 Å². The van der Waals surface area contributed by atoms with Crippen molar-refractivity contribution >= 4 is 21.6 Å². The van der Waals surface area contributed by atoms with Gasteiger partial charge in [-0.05, 0) is 36.2 Å². The first kappa shape index (κ1) is 21.7. The minimum atomic E-state index is -3.84. The smallest absolute Gasteiger partial charge is 0.265 e. The number of rotatable bonds is 7. The fourth-order valence-corrected chi connectivity index (χ4v) is 5.47. The fraction of sp³-hybridized carbons (Fsp3) is 0.208. The van der Waals surface area contributed by atoms with E-state index in [9.17, 15) is 13.2 Å². The quantitative estimate of drug-likeness (QED) is 0.595. The Hall–Kier alpha value is -3.52. The number of amides is 1. The summed E-state index contributed by atoms with van der Waals surface area (Å²) in [6.45, 7) is 0.0695. The highest BCUT2D eigenvalue weighted by Gasteiger charge is 2.35. The van der Waals surface area contributed by atoms with Crippen molar-refractivity contribution in [3.63, 3.8) is 0 Å². The molecule has 0 saturated heterocycles. The molecule has 1 heterocycles. The van der Waals surface area contributed by atoms with Crippen LogP contribution < -0.4 is 19.1 Å². The van der Waals surface area contributed by atoms with Crippen LogP contribution in [0.25, 0.3) is 11.1 Å². The molecule has 0 spiro atoms. The van der Waals surface area contributed by atoms with Gasteiger partial charge in [-0.15, -0.1) is 0 Å². The molecule has 7 nitrogen and oxygen atoms in total. The highest BCUT2D eigenvalue weighted by Crippen LogP contribution is 2.42. The lowest BCUT2D eigenvalue weighted by molar-refractivity contribution is -0.119. The number of nitrogens with zero attached hydrogens (tertiary/aromatic N) is 1. The van der Waals surface area contributed by atoms with Crippen LogP contribution in [0, 0.1) is 0 Å². The summed E-state index contributed by atoms with van der Waals surface area (Å²) in [6, 6.07) is 19.6. The van der Waals surface area contributed by atoms with E-state index in [1.165, 1.54) is 4.31 Å². The van der Waals surface area contributed by atoms with Crippen LogP contribution in [0.15, 0.2) is 71.6 Å². The number of carbonyl (C=O) groups is 1. The van der Waals surface area contributed by atoms with Gasteiger partial charge >= 0.3 is 0 Å². The lowest BCUT2D eigenvalue weighted by Crippen LogP contribution is -2.42. The predicted molar refractivity (Wildman–Crippen MR) is 123 cm³/mol. The van der Waals surface area contributed by atoms with E-state index in [-0.39, 0.29) is 17.3 Å². The molecule has 1 aliphatic rings. The number of hydrogen-bond acceptors (Lipinski definition) is 5. The fourth-order valence-electron chi connectivity index (χ4n) is 3.82. The molecule has 1 N–H and O–H groups in total. The Labute approximate surface area is 187 Å². The molecule has 0 radical (unpaired) electrons. The van der Waals surface area contributed by atoms with Crippen LogP contribution in [-0.4, -0.2) is 41.6 Å². The van der Waals surface area contributed by atoms with Crippen molar-refractivity contribution in [3.8, 4) is 22.6 Å². The highest BCUT2D eigenvalue weighted by molar-refractivity contribution is 7.93. The van der Waals surface area contributed by atoms with E-state index in [0.717, 1.165) is 11.1 Å². The zero-order valence-corrected chi connectivity index (χ0v) is 18.7. The molecule has 0 atom stereocenters. The van der Waals surface area contributed by atoms with Crippen molar-refractivity contribution in [2.45, 2.75) is 11.3 Å². The molecule has 0 bridgehead atoms. The van der Waals surface area contributed by atoms with Crippen LogP contribution in [0.1, 0.15) is 5.56 Å². The van der Waals surface area contributed by atoms with Gasteiger partial charge in [0.25, 0.3) is 10.0 Å². The standard InChI is InChI=1S/C24H24N2O5S/c1-30-21-12-11-17(15-22(21)31-2)13-14-25-24(27)16-26-20-9-5-3-7-18(20)19-8-4-6-10-23(19)32(26,28)29/h3-12,15H,13-14,16H2,1-2H3,(H,25,27). The number of nitrogens with one attached hydrogen (secondary N) is 1. The molecule has 166 valence electrons. The molecule has 0 fully saturated rings. The van der Waals surface area contributed by atoms with Gasteiger partial charge in [0.15, 0.2) is 11.5 Å². The third-order valence-corrected chi connectivity index (χ3v) is 7.21. The Morgan fingerprint density at radius 1 is 0.906 bits per heavy atom. The maximum atomic E-state index is 13.2. The number of ether oxygens (including phenoxy) is 2. The van der Waals surface area contributed by atoms with Crippen LogP contribution in [0.2, 0.25) is 0 Å². The Kier molecular flexibility index (Phi) is 6.05. The number of para-hydroxylation sites is 1. The van der Waals surface area contributed by atoms with Crippen LogP contribution in [0.4, 0.5) is 5.69 Å². The molecule has 3 aromatic rings. The van der Waals surface area contributed by atoms with Gasteiger partial charge in [-0.2, -0.15) is 0 Å². The maximum Gasteiger partial charge on any atom is 0.265 e. The molecule has 1 amide bonds. The molecule has 1 aliphatic heterocycles. The normalized spacial score (nSPS) is 13.6. The molecule has 8 heteroatoms.